The van der Waals surface area contributed by atoms with Crippen molar-refractivity contribution in [2.75, 3.05) is 0 Å². The Kier molecular flexibility index (Phi) is 2.48. The van der Waals surface area contributed by atoms with Gasteiger partial charge in [-0.2, -0.15) is 4.98 Å². The highest BCUT2D eigenvalue weighted by molar-refractivity contribution is 5.89. The zero-order valence-electron chi connectivity index (χ0n) is 9.92. The fourth-order valence-electron chi connectivity index (χ4n) is 1.91. The van der Waals surface area contributed by atoms with Crippen LogP contribution < -0.4 is 0 Å². The second-order valence-corrected chi connectivity index (χ2v) is 4.09. The summed E-state index contributed by atoms with van der Waals surface area (Å²) in [5, 5.41) is 15.9. The molecule has 3 rings (SSSR count). The number of nitrogens with zero attached hydrogens (tertiary/aromatic N) is 2. The summed E-state index contributed by atoms with van der Waals surface area (Å²) >= 11 is 0. The van der Waals surface area contributed by atoms with Crippen LogP contribution in [0.4, 0.5) is 0 Å². The number of fused-ring (bicyclic) bond motifs is 1. The lowest BCUT2D eigenvalue weighted by molar-refractivity contribution is 0.418. The van der Waals surface area contributed by atoms with Gasteiger partial charge in [0.25, 0.3) is 5.89 Å². The zero-order chi connectivity index (χ0) is 12.5. The number of phenols is 1. The van der Waals surface area contributed by atoms with Gasteiger partial charge in [0.15, 0.2) is 5.82 Å². The molecular formula is C14H12N2O2. The van der Waals surface area contributed by atoms with Gasteiger partial charge in [0, 0.05) is 6.42 Å². The van der Waals surface area contributed by atoms with Crippen LogP contribution in [-0.4, -0.2) is 15.2 Å². The van der Waals surface area contributed by atoms with Gasteiger partial charge in [0.2, 0.25) is 0 Å². The largest absolute Gasteiger partial charge is 0.507 e. The lowest BCUT2D eigenvalue weighted by atomic mass is 10.1. The Labute approximate surface area is 104 Å². The van der Waals surface area contributed by atoms with Crippen molar-refractivity contribution in [2.24, 2.45) is 0 Å². The molecule has 0 saturated heterocycles. The Bertz CT molecular complexity index is 704. The first kappa shape index (κ1) is 10.8. The Morgan fingerprint density at radius 2 is 1.89 bits per heavy atom. The fourth-order valence-corrected chi connectivity index (χ4v) is 1.91. The maximum absolute atomic E-state index is 10.0. The van der Waals surface area contributed by atoms with Crippen LogP contribution >= 0.6 is 0 Å². The molecule has 0 atom stereocenters. The van der Waals surface area contributed by atoms with E-state index in [0.29, 0.717) is 23.7 Å². The topological polar surface area (TPSA) is 59.2 Å². The van der Waals surface area contributed by atoms with Crippen LogP contribution in [0.1, 0.15) is 12.7 Å². The standard InChI is InChI=1S/C14H12N2O2/c1-2-13-15-14(18-16-13)11-7-9-5-3-4-6-10(9)8-12(11)17/h3-8,17H,2H2,1H3. The van der Waals surface area contributed by atoms with Crippen molar-refractivity contribution in [2.45, 2.75) is 13.3 Å². The Morgan fingerprint density at radius 3 is 2.56 bits per heavy atom. The lowest BCUT2D eigenvalue weighted by Gasteiger charge is -2.02. The van der Waals surface area contributed by atoms with E-state index in [1.165, 1.54) is 0 Å². The van der Waals surface area contributed by atoms with Gasteiger partial charge in [-0.1, -0.05) is 36.3 Å². The molecule has 0 amide bonds. The van der Waals surface area contributed by atoms with Crippen molar-refractivity contribution in [3.05, 3.63) is 42.2 Å². The highest BCUT2D eigenvalue weighted by Gasteiger charge is 2.13. The number of benzene rings is 2. The summed E-state index contributed by atoms with van der Waals surface area (Å²) < 4.78 is 5.15. The Balaban J connectivity index is 2.19. The third kappa shape index (κ3) is 1.72. The number of aromatic nitrogens is 2. The Hall–Kier alpha value is -2.36. The molecular weight excluding hydrogens is 228 g/mol. The minimum Gasteiger partial charge on any atom is -0.507 e. The summed E-state index contributed by atoms with van der Waals surface area (Å²) in [6, 6.07) is 11.4. The molecule has 0 aliphatic heterocycles. The molecule has 0 fully saturated rings. The number of aryl methyl sites for hydroxylation is 1. The van der Waals surface area contributed by atoms with Crippen molar-refractivity contribution >= 4 is 10.8 Å². The van der Waals surface area contributed by atoms with E-state index >= 15 is 0 Å². The molecule has 0 saturated carbocycles. The maximum Gasteiger partial charge on any atom is 0.261 e. The van der Waals surface area contributed by atoms with E-state index in [2.05, 4.69) is 10.1 Å². The minimum absolute atomic E-state index is 0.153. The second kappa shape index (κ2) is 4.14. The van der Waals surface area contributed by atoms with Gasteiger partial charge in [-0.15, -0.1) is 0 Å². The van der Waals surface area contributed by atoms with Crippen molar-refractivity contribution < 1.29 is 9.63 Å². The van der Waals surface area contributed by atoms with Crippen LogP contribution in [0, 0.1) is 0 Å². The molecule has 0 aliphatic carbocycles. The number of hydrogen-bond donors (Lipinski definition) is 1. The zero-order valence-corrected chi connectivity index (χ0v) is 9.92. The molecule has 0 spiro atoms. The molecule has 1 aromatic heterocycles. The van der Waals surface area contributed by atoms with Crippen molar-refractivity contribution in [3.8, 4) is 17.2 Å². The molecule has 3 aromatic rings. The molecule has 0 unspecified atom stereocenters. The predicted octanol–water partition coefficient (Wildman–Crippen LogP) is 3.16. The van der Waals surface area contributed by atoms with E-state index < -0.39 is 0 Å². The predicted molar refractivity (Wildman–Crippen MR) is 68.3 cm³/mol. The van der Waals surface area contributed by atoms with E-state index in [1.807, 2.05) is 37.3 Å². The number of hydrogen-bond acceptors (Lipinski definition) is 4. The van der Waals surface area contributed by atoms with Crippen LogP contribution in [0.15, 0.2) is 40.9 Å². The summed E-state index contributed by atoms with van der Waals surface area (Å²) in [6.45, 7) is 1.95. The molecule has 0 bridgehead atoms. The SMILES string of the molecule is CCc1noc(-c2cc3ccccc3cc2O)n1. The molecule has 1 N–H and O–H groups in total. The normalized spacial score (nSPS) is 10.9. The van der Waals surface area contributed by atoms with Gasteiger partial charge >= 0.3 is 0 Å². The maximum atomic E-state index is 10.0. The highest BCUT2D eigenvalue weighted by atomic mass is 16.5. The van der Waals surface area contributed by atoms with E-state index in [-0.39, 0.29) is 5.75 Å². The molecule has 0 radical (unpaired) electrons. The monoisotopic (exact) mass is 240 g/mol. The molecule has 4 nitrogen and oxygen atoms in total. The molecule has 0 aliphatic rings. The summed E-state index contributed by atoms with van der Waals surface area (Å²) in [6.07, 6.45) is 0.706. The van der Waals surface area contributed by atoms with E-state index in [0.717, 1.165) is 10.8 Å². The summed E-state index contributed by atoms with van der Waals surface area (Å²) in [5.74, 6) is 1.15. The number of phenolic OH excluding ortho intramolecular Hbond substituents is 1. The second-order valence-electron chi connectivity index (χ2n) is 4.09. The summed E-state index contributed by atoms with van der Waals surface area (Å²) in [7, 11) is 0. The molecule has 1 heterocycles. The van der Waals surface area contributed by atoms with Gasteiger partial charge in [-0.3, -0.25) is 0 Å². The van der Waals surface area contributed by atoms with Crippen LogP contribution in [-0.2, 0) is 6.42 Å². The first-order chi connectivity index (χ1) is 8.78. The van der Waals surface area contributed by atoms with Crippen LogP contribution in [0.5, 0.6) is 5.75 Å². The summed E-state index contributed by atoms with van der Waals surface area (Å²) in [5.41, 5.74) is 0.570. The molecule has 2 aromatic carbocycles. The third-order valence-electron chi connectivity index (χ3n) is 2.88. The highest BCUT2D eigenvalue weighted by Crippen LogP contribution is 2.32. The Morgan fingerprint density at radius 1 is 1.17 bits per heavy atom. The smallest absolute Gasteiger partial charge is 0.261 e. The average molecular weight is 240 g/mol. The van der Waals surface area contributed by atoms with E-state index in [4.69, 9.17) is 4.52 Å². The van der Waals surface area contributed by atoms with Gasteiger partial charge in [-0.05, 0) is 22.9 Å². The lowest BCUT2D eigenvalue weighted by Crippen LogP contribution is -1.84. The van der Waals surface area contributed by atoms with Crippen molar-refractivity contribution in [1.29, 1.82) is 0 Å². The molecule has 90 valence electrons. The molecule has 18 heavy (non-hydrogen) atoms. The van der Waals surface area contributed by atoms with Crippen molar-refractivity contribution in [3.63, 3.8) is 0 Å². The minimum atomic E-state index is 0.153. The van der Waals surface area contributed by atoms with Crippen LogP contribution in [0.25, 0.3) is 22.2 Å². The quantitative estimate of drug-likeness (QED) is 0.747. The van der Waals surface area contributed by atoms with Crippen LogP contribution in [0.3, 0.4) is 0 Å². The number of aromatic hydroxyl groups is 1. The van der Waals surface area contributed by atoms with Gasteiger partial charge in [-0.25, -0.2) is 0 Å². The number of rotatable bonds is 2. The van der Waals surface area contributed by atoms with Gasteiger partial charge < -0.3 is 9.63 Å². The molecule has 4 heteroatoms. The van der Waals surface area contributed by atoms with Gasteiger partial charge in [0.05, 0.1) is 5.56 Å². The van der Waals surface area contributed by atoms with Crippen LogP contribution in [0.2, 0.25) is 0 Å². The van der Waals surface area contributed by atoms with E-state index in [1.54, 1.807) is 6.07 Å². The first-order valence-electron chi connectivity index (χ1n) is 5.82. The average Bonchev–Trinajstić information content (AvgIpc) is 2.86. The van der Waals surface area contributed by atoms with E-state index in [9.17, 15) is 5.11 Å². The first-order valence-corrected chi connectivity index (χ1v) is 5.82. The third-order valence-corrected chi connectivity index (χ3v) is 2.88. The van der Waals surface area contributed by atoms with Crippen molar-refractivity contribution in [1.82, 2.24) is 10.1 Å². The summed E-state index contributed by atoms with van der Waals surface area (Å²) in [4.78, 5) is 4.23. The van der Waals surface area contributed by atoms with Gasteiger partial charge in [0.1, 0.15) is 5.75 Å². The fraction of sp³-hybridized carbons (Fsp3) is 0.143.